The Morgan fingerprint density at radius 1 is 1.26 bits per heavy atom. The van der Waals surface area contributed by atoms with Crippen LogP contribution in [0, 0.1) is 0 Å². The number of anilines is 2. The van der Waals surface area contributed by atoms with E-state index in [2.05, 4.69) is 30.6 Å². The normalized spacial score (nSPS) is 11.3. The fourth-order valence-electron chi connectivity index (χ4n) is 1.24. The number of nitrogens with one attached hydrogen (secondary N) is 1. The molecule has 6 nitrogen and oxygen atoms in total. The first-order chi connectivity index (χ1) is 8.88. The minimum Gasteiger partial charge on any atom is -0.368 e. The van der Waals surface area contributed by atoms with E-state index in [9.17, 15) is 8.42 Å². The lowest BCUT2D eigenvalue weighted by atomic mass is 10.3. The lowest BCUT2D eigenvalue weighted by molar-refractivity contribution is 0.600. The third-order valence-electron chi connectivity index (χ3n) is 2.13. The van der Waals surface area contributed by atoms with Gasteiger partial charge in [-0.2, -0.15) is 0 Å². The van der Waals surface area contributed by atoms with Gasteiger partial charge in [-0.3, -0.25) is 4.72 Å². The van der Waals surface area contributed by atoms with Gasteiger partial charge in [-0.1, -0.05) is 11.6 Å². The Hall–Kier alpha value is -1.38. The van der Waals surface area contributed by atoms with Gasteiger partial charge in [0.1, 0.15) is 4.90 Å². The molecule has 0 aliphatic heterocycles. The van der Waals surface area contributed by atoms with Crippen molar-refractivity contribution in [2.75, 3.05) is 10.5 Å². The van der Waals surface area contributed by atoms with Crippen molar-refractivity contribution in [2.45, 2.75) is 4.90 Å². The molecule has 0 fully saturated rings. The van der Waals surface area contributed by atoms with E-state index in [0.717, 1.165) is 12.4 Å². The molecule has 1 aromatic carbocycles. The van der Waals surface area contributed by atoms with Gasteiger partial charge in [-0.25, -0.2) is 18.4 Å². The third-order valence-corrected chi connectivity index (χ3v) is 4.35. The molecule has 0 bridgehead atoms. The van der Waals surface area contributed by atoms with Crippen LogP contribution in [0.3, 0.4) is 0 Å². The van der Waals surface area contributed by atoms with Gasteiger partial charge in [0.2, 0.25) is 5.95 Å². The number of nitrogens with two attached hydrogens (primary N) is 1. The van der Waals surface area contributed by atoms with E-state index in [-0.39, 0.29) is 10.8 Å². The van der Waals surface area contributed by atoms with Crippen LogP contribution in [0.4, 0.5) is 11.6 Å². The van der Waals surface area contributed by atoms with E-state index < -0.39 is 10.0 Å². The molecule has 3 N–H and O–H groups in total. The van der Waals surface area contributed by atoms with Crippen molar-refractivity contribution in [3.05, 3.63) is 40.1 Å². The number of rotatable bonds is 3. The molecule has 0 aliphatic carbocycles. The van der Waals surface area contributed by atoms with Crippen molar-refractivity contribution in [2.24, 2.45) is 0 Å². The molecular weight excluding hydrogens is 356 g/mol. The first-order valence-electron chi connectivity index (χ1n) is 4.94. The minimum atomic E-state index is -3.77. The molecule has 0 atom stereocenters. The summed E-state index contributed by atoms with van der Waals surface area (Å²) in [5.41, 5.74) is 5.67. The number of hydrogen-bond acceptors (Lipinski definition) is 5. The van der Waals surface area contributed by atoms with E-state index >= 15 is 0 Å². The molecule has 9 heteroatoms. The molecule has 100 valence electrons. The first-order valence-corrected chi connectivity index (χ1v) is 7.59. The van der Waals surface area contributed by atoms with Crippen LogP contribution in [0.15, 0.2) is 40.0 Å². The Labute approximate surface area is 123 Å². The Bertz CT molecular complexity index is 706. The van der Waals surface area contributed by atoms with Crippen molar-refractivity contribution in [3.63, 3.8) is 0 Å². The number of sulfonamides is 1. The average Bonchev–Trinajstić information content (AvgIpc) is 2.33. The molecule has 0 aliphatic rings. The van der Waals surface area contributed by atoms with Gasteiger partial charge >= 0.3 is 0 Å². The summed E-state index contributed by atoms with van der Waals surface area (Å²) < 4.78 is 27.1. The topological polar surface area (TPSA) is 98.0 Å². The van der Waals surface area contributed by atoms with Crippen LogP contribution in [-0.2, 0) is 10.0 Å². The number of nitrogen functional groups attached to an aromatic ring is 1. The van der Waals surface area contributed by atoms with Gasteiger partial charge in [0.15, 0.2) is 0 Å². The molecule has 2 rings (SSSR count). The summed E-state index contributed by atoms with van der Waals surface area (Å²) in [6.07, 6.45) is 2.27. The highest BCUT2D eigenvalue weighted by Crippen LogP contribution is 2.27. The summed E-state index contributed by atoms with van der Waals surface area (Å²) >= 11 is 9.00. The zero-order valence-corrected chi connectivity index (χ0v) is 12.5. The van der Waals surface area contributed by atoms with Crippen LogP contribution >= 0.6 is 27.5 Å². The highest BCUT2D eigenvalue weighted by molar-refractivity contribution is 9.10. The maximum atomic E-state index is 12.1. The number of hydrogen-bond donors (Lipinski definition) is 2. The maximum Gasteiger partial charge on any atom is 0.265 e. The van der Waals surface area contributed by atoms with E-state index in [1.165, 1.54) is 0 Å². The van der Waals surface area contributed by atoms with Crippen LogP contribution in [0.5, 0.6) is 0 Å². The van der Waals surface area contributed by atoms with E-state index in [1.54, 1.807) is 18.2 Å². The molecule has 19 heavy (non-hydrogen) atoms. The third kappa shape index (κ3) is 3.34. The summed E-state index contributed by atoms with van der Waals surface area (Å²) in [5, 5.41) is 0.491. The van der Waals surface area contributed by atoms with Gasteiger partial charge in [-0.05, 0) is 34.1 Å². The Kier molecular flexibility index (Phi) is 3.93. The monoisotopic (exact) mass is 362 g/mol. The summed E-state index contributed by atoms with van der Waals surface area (Å²) in [7, 11) is -3.77. The first kappa shape index (κ1) is 14.0. The van der Waals surface area contributed by atoms with Gasteiger partial charge in [0.05, 0.1) is 18.1 Å². The predicted molar refractivity (Wildman–Crippen MR) is 76.4 cm³/mol. The summed E-state index contributed by atoms with van der Waals surface area (Å²) in [6, 6.07) is 4.70. The van der Waals surface area contributed by atoms with Gasteiger partial charge in [0, 0.05) is 9.50 Å². The largest absolute Gasteiger partial charge is 0.368 e. The SMILES string of the molecule is Nc1ncc(S(=O)(=O)Nc2ccc(Cl)cc2Br)cn1. The maximum absolute atomic E-state index is 12.1. The number of aromatic nitrogens is 2. The molecule has 1 heterocycles. The van der Waals surface area contributed by atoms with Crippen molar-refractivity contribution < 1.29 is 8.42 Å². The van der Waals surface area contributed by atoms with Gasteiger partial charge < -0.3 is 5.73 Å². The Morgan fingerprint density at radius 2 is 1.89 bits per heavy atom. The van der Waals surface area contributed by atoms with Crippen LogP contribution < -0.4 is 10.5 Å². The number of nitrogens with zero attached hydrogens (tertiary/aromatic N) is 2. The van der Waals surface area contributed by atoms with Crippen molar-refractivity contribution >= 4 is 49.2 Å². The molecule has 1 aromatic heterocycles. The van der Waals surface area contributed by atoms with E-state index in [4.69, 9.17) is 17.3 Å². The molecule has 0 unspecified atom stereocenters. The predicted octanol–water partition coefficient (Wildman–Crippen LogP) is 2.28. The zero-order chi connectivity index (χ0) is 14.0. The van der Waals surface area contributed by atoms with Crippen molar-refractivity contribution in [1.29, 1.82) is 0 Å². The highest BCUT2D eigenvalue weighted by atomic mass is 79.9. The second kappa shape index (κ2) is 5.32. The number of halogens is 2. The fourth-order valence-corrected chi connectivity index (χ4v) is 3.12. The number of benzene rings is 1. The van der Waals surface area contributed by atoms with Crippen LogP contribution in [0.25, 0.3) is 0 Å². The van der Waals surface area contributed by atoms with Crippen LogP contribution in [0.2, 0.25) is 5.02 Å². The Morgan fingerprint density at radius 3 is 2.47 bits per heavy atom. The fraction of sp³-hybridized carbons (Fsp3) is 0. The van der Waals surface area contributed by atoms with Gasteiger partial charge in [0.25, 0.3) is 10.0 Å². The highest BCUT2D eigenvalue weighted by Gasteiger charge is 2.16. The molecule has 0 saturated heterocycles. The Balaban J connectivity index is 2.33. The van der Waals surface area contributed by atoms with Gasteiger partial charge in [-0.15, -0.1) is 0 Å². The molecule has 0 saturated carbocycles. The summed E-state index contributed by atoms with van der Waals surface area (Å²) in [6.45, 7) is 0. The lowest BCUT2D eigenvalue weighted by Crippen LogP contribution is -2.14. The van der Waals surface area contributed by atoms with Crippen LogP contribution in [-0.4, -0.2) is 18.4 Å². The van der Waals surface area contributed by atoms with E-state index in [0.29, 0.717) is 15.2 Å². The second-order valence-electron chi connectivity index (χ2n) is 3.51. The van der Waals surface area contributed by atoms with Crippen LogP contribution in [0.1, 0.15) is 0 Å². The van der Waals surface area contributed by atoms with Crippen molar-refractivity contribution in [1.82, 2.24) is 9.97 Å². The molecule has 2 aromatic rings. The zero-order valence-electron chi connectivity index (χ0n) is 9.34. The molecular formula is C10H8BrClN4O2S. The van der Waals surface area contributed by atoms with Crippen molar-refractivity contribution in [3.8, 4) is 0 Å². The summed E-state index contributed by atoms with van der Waals surface area (Å²) in [4.78, 5) is 7.20. The average molecular weight is 364 g/mol. The van der Waals surface area contributed by atoms with E-state index in [1.807, 2.05) is 0 Å². The summed E-state index contributed by atoms with van der Waals surface area (Å²) in [5.74, 6) is 0.00613. The lowest BCUT2D eigenvalue weighted by Gasteiger charge is -2.09. The molecule has 0 radical (unpaired) electrons. The smallest absolute Gasteiger partial charge is 0.265 e. The molecule has 0 spiro atoms. The minimum absolute atomic E-state index is 0.00613. The quantitative estimate of drug-likeness (QED) is 0.871. The second-order valence-corrected chi connectivity index (χ2v) is 6.48. The molecule has 0 amide bonds. The standard InChI is InChI=1S/C10H8BrClN4O2S/c11-8-3-6(12)1-2-9(8)16-19(17,18)7-4-14-10(13)15-5-7/h1-5,16H,(H2,13,14,15).